The first kappa shape index (κ1) is 12.0. The molecule has 0 aliphatic heterocycles. The molecule has 1 aromatic heterocycles. The van der Waals surface area contributed by atoms with Gasteiger partial charge in [-0.3, -0.25) is 0 Å². The summed E-state index contributed by atoms with van der Waals surface area (Å²) in [6.07, 6.45) is 7.86. The van der Waals surface area contributed by atoms with E-state index in [1.165, 1.54) is 19.3 Å². The molecule has 1 fully saturated rings. The topological polar surface area (TPSA) is 37.8 Å². The minimum Gasteiger partial charge on any atom is -0.368 e. The number of thioether (sulfide) groups is 1. The van der Waals surface area contributed by atoms with Crippen LogP contribution in [0.5, 0.6) is 0 Å². The Morgan fingerprint density at radius 2 is 2.31 bits per heavy atom. The highest BCUT2D eigenvalue weighted by molar-refractivity contribution is 8.00. The second-order valence-corrected chi connectivity index (χ2v) is 5.88. The summed E-state index contributed by atoms with van der Waals surface area (Å²) in [5.74, 6) is 0.861. The van der Waals surface area contributed by atoms with E-state index in [4.69, 9.17) is 11.6 Å². The Labute approximate surface area is 105 Å². The Morgan fingerprint density at radius 3 is 2.88 bits per heavy atom. The third-order valence-electron chi connectivity index (χ3n) is 3.22. The van der Waals surface area contributed by atoms with Gasteiger partial charge < -0.3 is 5.32 Å². The highest BCUT2D eigenvalue weighted by Crippen LogP contribution is 2.42. The van der Waals surface area contributed by atoms with E-state index in [1.54, 1.807) is 6.20 Å². The number of aromatic nitrogens is 2. The van der Waals surface area contributed by atoms with Gasteiger partial charge >= 0.3 is 0 Å². The lowest BCUT2D eigenvalue weighted by atomic mass is 9.84. The fourth-order valence-electron chi connectivity index (χ4n) is 1.87. The maximum atomic E-state index is 5.78. The van der Waals surface area contributed by atoms with E-state index < -0.39 is 0 Å². The molecule has 2 rings (SSSR count). The predicted molar refractivity (Wildman–Crippen MR) is 70.4 cm³/mol. The van der Waals surface area contributed by atoms with Gasteiger partial charge in [0.2, 0.25) is 5.28 Å². The molecule has 1 saturated carbocycles. The maximum Gasteiger partial charge on any atom is 0.224 e. The fraction of sp³-hybridized carbons (Fsp3) is 0.636. The van der Waals surface area contributed by atoms with E-state index in [-0.39, 0.29) is 0 Å². The van der Waals surface area contributed by atoms with Gasteiger partial charge in [0.15, 0.2) is 0 Å². The first-order valence-corrected chi connectivity index (χ1v) is 7.04. The van der Waals surface area contributed by atoms with Crippen LogP contribution >= 0.6 is 23.4 Å². The third-order valence-corrected chi connectivity index (χ3v) is 4.82. The number of aryl methyl sites for hydroxylation is 1. The summed E-state index contributed by atoms with van der Waals surface area (Å²) in [4.78, 5) is 8.15. The van der Waals surface area contributed by atoms with Gasteiger partial charge in [0.25, 0.3) is 0 Å². The van der Waals surface area contributed by atoms with Gasteiger partial charge in [-0.05, 0) is 37.6 Å². The van der Waals surface area contributed by atoms with Crippen LogP contribution in [0.25, 0.3) is 0 Å². The van der Waals surface area contributed by atoms with Crippen LogP contribution in [0.2, 0.25) is 5.28 Å². The molecule has 3 nitrogen and oxygen atoms in total. The number of hydrogen-bond acceptors (Lipinski definition) is 4. The van der Waals surface area contributed by atoms with Crippen LogP contribution in [0.15, 0.2) is 6.20 Å². The van der Waals surface area contributed by atoms with Gasteiger partial charge in [0.05, 0.1) is 0 Å². The lowest BCUT2D eigenvalue weighted by molar-refractivity contribution is 0.379. The summed E-state index contributed by atoms with van der Waals surface area (Å²) in [6.45, 7) is 2.95. The second kappa shape index (κ2) is 4.80. The Kier molecular flexibility index (Phi) is 3.60. The van der Waals surface area contributed by atoms with Gasteiger partial charge in [-0.25, -0.2) is 9.97 Å². The summed E-state index contributed by atoms with van der Waals surface area (Å²) >= 11 is 7.73. The summed E-state index contributed by atoms with van der Waals surface area (Å²) in [6, 6.07) is 0. The van der Waals surface area contributed by atoms with Crippen molar-refractivity contribution < 1.29 is 0 Å². The van der Waals surface area contributed by atoms with Gasteiger partial charge in [-0.1, -0.05) is 6.42 Å². The van der Waals surface area contributed by atoms with Gasteiger partial charge in [-0.2, -0.15) is 11.8 Å². The molecule has 0 bridgehead atoms. The minimum atomic E-state index is 0.305. The Balaban J connectivity index is 2.01. The van der Waals surface area contributed by atoms with Crippen LogP contribution in [0.3, 0.4) is 0 Å². The van der Waals surface area contributed by atoms with E-state index in [2.05, 4.69) is 21.5 Å². The maximum absolute atomic E-state index is 5.78. The third kappa shape index (κ3) is 2.43. The van der Waals surface area contributed by atoms with Gasteiger partial charge in [0.1, 0.15) is 5.82 Å². The molecule has 1 aromatic rings. The molecule has 1 aliphatic rings. The van der Waals surface area contributed by atoms with E-state index in [9.17, 15) is 0 Å². The van der Waals surface area contributed by atoms with E-state index in [1.807, 2.05) is 18.7 Å². The van der Waals surface area contributed by atoms with Crippen molar-refractivity contribution in [2.24, 2.45) is 0 Å². The molecule has 88 valence electrons. The lowest BCUT2D eigenvalue weighted by Gasteiger charge is -2.40. The monoisotopic (exact) mass is 257 g/mol. The van der Waals surface area contributed by atoms with Crippen molar-refractivity contribution in [1.82, 2.24) is 9.97 Å². The molecule has 5 heteroatoms. The molecular weight excluding hydrogens is 242 g/mol. The number of nitrogens with one attached hydrogen (secondary N) is 1. The molecule has 0 radical (unpaired) electrons. The SMILES string of the molecule is CSC1(CNc2nc(Cl)ncc2C)CCC1. The van der Waals surface area contributed by atoms with Crippen molar-refractivity contribution >= 4 is 29.2 Å². The van der Waals surface area contributed by atoms with Crippen LogP contribution < -0.4 is 5.32 Å². The minimum absolute atomic E-state index is 0.305. The molecule has 0 aromatic carbocycles. The predicted octanol–water partition coefficient (Wildman–Crippen LogP) is 3.14. The average Bonchev–Trinajstić information content (AvgIpc) is 2.22. The molecule has 0 saturated heterocycles. The van der Waals surface area contributed by atoms with Crippen LogP contribution in [0.1, 0.15) is 24.8 Å². The first-order chi connectivity index (χ1) is 7.65. The van der Waals surface area contributed by atoms with Crippen molar-refractivity contribution in [3.05, 3.63) is 17.0 Å². The van der Waals surface area contributed by atoms with Crippen molar-refractivity contribution in [1.29, 1.82) is 0 Å². The van der Waals surface area contributed by atoms with E-state index >= 15 is 0 Å². The zero-order valence-corrected chi connectivity index (χ0v) is 11.2. The average molecular weight is 258 g/mol. The number of halogens is 1. The molecule has 0 atom stereocenters. The molecule has 0 spiro atoms. The quantitative estimate of drug-likeness (QED) is 0.841. The number of hydrogen-bond donors (Lipinski definition) is 1. The second-order valence-electron chi connectivity index (χ2n) is 4.26. The number of rotatable bonds is 4. The zero-order valence-electron chi connectivity index (χ0n) is 9.59. The lowest BCUT2D eigenvalue weighted by Crippen LogP contribution is -2.40. The largest absolute Gasteiger partial charge is 0.368 e. The smallest absolute Gasteiger partial charge is 0.224 e. The molecule has 0 amide bonds. The highest BCUT2D eigenvalue weighted by atomic mass is 35.5. The van der Waals surface area contributed by atoms with E-state index in [0.717, 1.165) is 17.9 Å². The van der Waals surface area contributed by atoms with E-state index in [0.29, 0.717) is 10.0 Å². The zero-order chi connectivity index (χ0) is 11.6. The number of anilines is 1. The highest BCUT2D eigenvalue weighted by Gasteiger charge is 2.35. The first-order valence-electron chi connectivity index (χ1n) is 5.43. The Bertz CT molecular complexity index is 374. The van der Waals surface area contributed by atoms with Crippen LogP contribution in [-0.2, 0) is 0 Å². The Hall–Kier alpha value is -0.480. The summed E-state index contributed by atoms with van der Waals surface area (Å²) < 4.78 is 0.407. The summed E-state index contributed by atoms with van der Waals surface area (Å²) in [5, 5.41) is 3.70. The molecular formula is C11H16ClN3S. The molecule has 1 aliphatic carbocycles. The standard InChI is InChI=1S/C11H16ClN3S/c1-8-6-13-10(12)15-9(8)14-7-11(16-2)4-3-5-11/h6H,3-5,7H2,1-2H3,(H,13,14,15). The summed E-state index contributed by atoms with van der Waals surface area (Å²) in [5.41, 5.74) is 1.04. The van der Waals surface area contributed by atoms with Crippen molar-refractivity contribution in [3.63, 3.8) is 0 Å². The number of nitrogens with zero attached hydrogens (tertiary/aromatic N) is 2. The van der Waals surface area contributed by atoms with Crippen LogP contribution in [0, 0.1) is 6.92 Å². The van der Waals surface area contributed by atoms with Crippen molar-refractivity contribution in [2.75, 3.05) is 18.1 Å². The van der Waals surface area contributed by atoms with Gasteiger partial charge in [-0.15, -0.1) is 0 Å². The molecule has 0 unspecified atom stereocenters. The van der Waals surface area contributed by atoms with Crippen molar-refractivity contribution in [2.45, 2.75) is 30.9 Å². The van der Waals surface area contributed by atoms with Crippen molar-refractivity contribution in [3.8, 4) is 0 Å². The van der Waals surface area contributed by atoms with Gasteiger partial charge in [0, 0.05) is 23.1 Å². The fourth-order valence-corrected chi connectivity index (χ4v) is 2.92. The van der Waals surface area contributed by atoms with Crippen LogP contribution in [0.4, 0.5) is 5.82 Å². The Morgan fingerprint density at radius 1 is 1.56 bits per heavy atom. The normalized spacial score (nSPS) is 17.9. The molecule has 1 heterocycles. The molecule has 1 N–H and O–H groups in total. The summed E-state index contributed by atoms with van der Waals surface area (Å²) in [7, 11) is 0. The van der Waals surface area contributed by atoms with Crippen LogP contribution in [-0.4, -0.2) is 27.5 Å². The molecule has 16 heavy (non-hydrogen) atoms.